The van der Waals surface area contributed by atoms with Crippen LogP contribution in [0.3, 0.4) is 0 Å². The minimum absolute atomic E-state index is 0.0684. The van der Waals surface area contributed by atoms with E-state index in [2.05, 4.69) is 27.8 Å². The van der Waals surface area contributed by atoms with Gasteiger partial charge in [-0.15, -0.1) is 0 Å². The first-order chi connectivity index (χ1) is 16.1. The van der Waals surface area contributed by atoms with Crippen molar-refractivity contribution in [3.63, 3.8) is 0 Å². The van der Waals surface area contributed by atoms with Crippen LogP contribution >= 0.6 is 11.3 Å². The number of rotatable bonds is 6. The van der Waals surface area contributed by atoms with Crippen molar-refractivity contribution >= 4 is 34.4 Å². The second-order valence-corrected chi connectivity index (χ2v) is 10.1. The number of nitrogens with zero attached hydrogens (tertiary/aromatic N) is 1. The Morgan fingerprint density at radius 3 is 2.21 bits per heavy atom. The molecule has 0 fully saturated rings. The quantitative estimate of drug-likeness (QED) is 0.470. The Labute approximate surface area is 201 Å². The van der Waals surface area contributed by atoms with E-state index in [0.29, 0.717) is 0 Å². The summed E-state index contributed by atoms with van der Waals surface area (Å²) in [4.78, 5) is 40.6. The number of hydrogen-bond acceptors (Lipinski definition) is 6. The molecule has 4 rings (SSSR count). The van der Waals surface area contributed by atoms with Gasteiger partial charge in [-0.3, -0.25) is 10.1 Å². The minimum atomic E-state index is -1.12. The van der Waals surface area contributed by atoms with Crippen LogP contribution in [0.25, 0.3) is 11.1 Å². The molecule has 1 aliphatic carbocycles. The Kier molecular flexibility index (Phi) is 6.39. The largest absolute Gasteiger partial charge is 0.480 e. The summed E-state index contributed by atoms with van der Waals surface area (Å²) in [5.74, 6) is -1.76. The maximum atomic E-state index is 12.5. The summed E-state index contributed by atoms with van der Waals surface area (Å²) in [6.45, 7) is 5.33. The Morgan fingerprint density at radius 2 is 1.65 bits per heavy atom. The lowest BCUT2D eigenvalue weighted by Gasteiger charge is -2.27. The zero-order valence-corrected chi connectivity index (χ0v) is 19.8. The molecular formula is C25H25N3O5S. The lowest BCUT2D eigenvalue weighted by atomic mass is 9.87. The second-order valence-electron chi connectivity index (χ2n) is 9.09. The third-order valence-corrected chi connectivity index (χ3v) is 6.58. The summed E-state index contributed by atoms with van der Waals surface area (Å²) in [6, 6.07) is 15.0. The van der Waals surface area contributed by atoms with E-state index in [1.807, 2.05) is 36.4 Å². The molecule has 0 bridgehead atoms. The van der Waals surface area contributed by atoms with Gasteiger partial charge in [-0.2, -0.15) is 0 Å². The summed E-state index contributed by atoms with van der Waals surface area (Å²) >= 11 is 0.941. The van der Waals surface area contributed by atoms with E-state index < -0.39 is 29.4 Å². The first kappa shape index (κ1) is 23.4. The van der Waals surface area contributed by atoms with Crippen molar-refractivity contribution in [2.75, 3.05) is 11.9 Å². The van der Waals surface area contributed by atoms with Gasteiger partial charge in [-0.1, -0.05) is 80.6 Å². The number of carboxylic acids is 1. The zero-order chi connectivity index (χ0) is 24.5. The van der Waals surface area contributed by atoms with Gasteiger partial charge in [-0.25, -0.2) is 14.6 Å². The average Bonchev–Trinajstić information content (AvgIpc) is 3.37. The summed E-state index contributed by atoms with van der Waals surface area (Å²) in [5, 5.41) is 14.6. The number of thiazole rings is 1. The van der Waals surface area contributed by atoms with Crippen molar-refractivity contribution in [2.45, 2.75) is 32.7 Å². The molecule has 1 aliphatic rings. The number of hydrogen-bond donors (Lipinski definition) is 3. The van der Waals surface area contributed by atoms with Crippen LogP contribution in [0, 0.1) is 5.41 Å². The van der Waals surface area contributed by atoms with Gasteiger partial charge in [0.1, 0.15) is 17.5 Å². The number of fused-ring (bicyclic) bond motifs is 3. The molecular weight excluding hydrogens is 454 g/mol. The van der Waals surface area contributed by atoms with Crippen LogP contribution in [0.15, 0.2) is 54.7 Å². The first-order valence-corrected chi connectivity index (χ1v) is 11.6. The Hall–Kier alpha value is -3.72. The van der Waals surface area contributed by atoms with E-state index in [-0.39, 0.29) is 22.5 Å². The summed E-state index contributed by atoms with van der Waals surface area (Å²) in [7, 11) is 0. The van der Waals surface area contributed by atoms with Crippen molar-refractivity contribution in [3.05, 3.63) is 70.7 Å². The molecule has 9 heteroatoms. The van der Waals surface area contributed by atoms with E-state index >= 15 is 0 Å². The standard InChI is InChI=1S/C25H25N3O5S/c1-25(2,3)20(22(30)31)27-21(29)19-12-26-23(34-19)28-24(32)33-13-18-16-10-6-4-8-14(16)15-9-5-7-11-17(15)18/h4-12,18,20H,13H2,1-3H3,(H,27,29)(H,30,31)(H,26,28,32)/t20-/m0/s1. The van der Waals surface area contributed by atoms with Gasteiger partial charge in [-0.05, 0) is 27.7 Å². The number of nitrogens with one attached hydrogen (secondary N) is 2. The fourth-order valence-electron chi connectivity index (χ4n) is 4.01. The fraction of sp³-hybridized carbons (Fsp3) is 0.280. The van der Waals surface area contributed by atoms with Crippen molar-refractivity contribution in [1.29, 1.82) is 0 Å². The Balaban J connectivity index is 1.38. The molecule has 176 valence electrons. The molecule has 3 N–H and O–H groups in total. The summed E-state index contributed by atoms with van der Waals surface area (Å²) < 4.78 is 5.49. The number of aromatic nitrogens is 1. The van der Waals surface area contributed by atoms with Crippen LogP contribution in [-0.2, 0) is 9.53 Å². The van der Waals surface area contributed by atoms with Gasteiger partial charge in [0.15, 0.2) is 5.13 Å². The smallest absolute Gasteiger partial charge is 0.413 e. The highest BCUT2D eigenvalue weighted by molar-refractivity contribution is 7.17. The van der Waals surface area contributed by atoms with Crippen molar-refractivity contribution in [1.82, 2.24) is 10.3 Å². The molecule has 0 unspecified atom stereocenters. The van der Waals surface area contributed by atoms with Crippen LogP contribution in [-0.4, -0.2) is 40.7 Å². The van der Waals surface area contributed by atoms with Gasteiger partial charge in [0.2, 0.25) is 0 Å². The first-order valence-electron chi connectivity index (χ1n) is 10.8. The van der Waals surface area contributed by atoms with Crippen molar-refractivity contribution in [2.24, 2.45) is 5.41 Å². The van der Waals surface area contributed by atoms with E-state index in [9.17, 15) is 19.5 Å². The molecule has 0 saturated carbocycles. The van der Waals surface area contributed by atoms with Gasteiger partial charge in [0, 0.05) is 5.92 Å². The number of amides is 2. The van der Waals surface area contributed by atoms with Gasteiger partial charge in [0.25, 0.3) is 5.91 Å². The molecule has 2 aromatic carbocycles. The Bertz CT molecular complexity index is 1200. The van der Waals surface area contributed by atoms with E-state index in [1.165, 1.54) is 6.20 Å². The molecule has 0 spiro atoms. The number of carbonyl (C=O) groups excluding carboxylic acids is 2. The molecule has 1 heterocycles. The highest BCUT2D eigenvalue weighted by Crippen LogP contribution is 2.44. The van der Waals surface area contributed by atoms with Crippen molar-refractivity contribution in [3.8, 4) is 11.1 Å². The average molecular weight is 480 g/mol. The van der Waals surface area contributed by atoms with E-state index in [4.69, 9.17) is 4.74 Å². The van der Waals surface area contributed by atoms with Crippen LogP contribution in [0.1, 0.15) is 47.5 Å². The van der Waals surface area contributed by atoms with Gasteiger partial charge in [0.05, 0.1) is 6.20 Å². The van der Waals surface area contributed by atoms with Crippen LogP contribution < -0.4 is 10.6 Å². The second kappa shape index (κ2) is 9.26. The van der Waals surface area contributed by atoms with Crippen LogP contribution in [0.5, 0.6) is 0 Å². The molecule has 1 atom stereocenters. The predicted molar refractivity (Wildman–Crippen MR) is 129 cm³/mol. The normalized spacial score (nSPS) is 13.5. The number of anilines is 1. The number of carbonyl (C=O) groups is 3. The Morgan fingerprint density at radius 1 is 1.06 bits per heavy atom. The SMILES string of the molecule is CC(C)(C)[C@@H](NC(=O)c1cnc(NC(=O)OCC2c3ccccc3-c3ccccc32)s1)C(=O)O. The molecule has 3 aromatic rings. The van der Waals surface area contributed by atoms with E-state index in [1.54, 1.807) is 20.8 Å². The minimum Gasteiger partial charge on any atom is -0.480 e. The maximum Gasteiger partial charge on any atom is 0.413 e. The lowest BCUT2D eigenvalue weighted by molar-refractivity contribution is -0.142. The molecule has 34 heavy (non-hydrogen) atoms. The third kappa shape index (κ3) is 4.79. The molecule has 2 amide bonds. The number of aliphatic carboxylic acids is 1. The number of carboxylic acid groups (broad SMARTS) is 1. The zero-order valence-electron chi connectivity index (χ0n) is 19.0. The van der Waals surface area contributed by atoms with Gasteiger partial charge < -0.3 is 15.2 Å². The predicted octanol–water partition coefficient (Wildman–Crippen LogP) is 4.73. The monoisotopic (exact) mass is 479 g/mol. The number of ether oxygens (including phenoxy) is 1. The number of benzene rings is 2. The topological polar surface area (TPSA) is 118 Å². The molecule has 8 nitrogen and oxygen atoms in total. The lowest BCUT2D eigenvalue weighted by Crippen LogP contribution is -2.48. The summed E-state index contributed by atoms with van der Waals surface area (Å²) in [6.07, 6.45) is 0.613. The van der Waals surface area contributed by atoms with E-state index in [0.717, 1.165) is 33.6 Å². The van der Waals surface area contributed by atoms with Crippen LogP contribution in [0.4, 0.5) is 9.93 Å². The highest BCUT2D eigenvalue weighted by Gasteiger charge is 2.33. The van der Waals surface area contributed by atoms with Crippen molar-refractivity contribution < 1.29 is 24.2 Å². The van der Waals surface area contributed by atoms with Gasteiger partial charge >= 0.3 is 12.1 Å². The molecule has 0 radical (unpaired) electrons. The summed E-state index contributed by atoms with van der Waals surface area (Å²) in [5.41, 5.74) is 3.82. The molecule has 1 aromatic heterocycles. The third-order valence-electron chi connectivity index (χ3n) is 5.67. The highest BCUT2D eigenvalue weighted by atomic mass is 32.1. The van der Waals surface area contributed by atoms with Crippen LogP contribution in [0.2, 0.25) is 0 Å². The molecule has 0 saturated heterocycles. The molecule has 0 aliphatic heterocycles. The fourth-order valence-corrected chi connectivity index (χ4v) is 4.71. The maximum absolute atomic E-state index is 12.5.